The molecule has 112 valence electrons. The quantitative estimate of drug-likeness (QED) is 0.784. The minimum absolute atomic E-state index is 0.0586. The van der Waals surface area contributed by atoms with Gasteiger partial charge in [-0.2, -0.15) is 0 Å². The number of halogens is 4. The number of hydrogen-bond acceptors (Lipinski definition) is 2. The van der Waals surface area contributed by atoms with Gasteiger partial charge in [-0.3, -0.25) is 4.72 Å². The van der Waals surface area contributed by atoms with Gasteiger partial charge in [-0.1, -0.05) is 34.8 Å². The lowest BCUT2D eigenvalue weighted by Crippen LogP contribution is -2.14. The van der Waals surface area contributed by atoms with Crippen molar-refractivity contribution < 1.29 is 12.8 Å². The van der Waals surface area contributed by atoms with Crippen molar-refractivity contribution in [3.63, 3.8) is 0 Å². The molecule has 0 fully saturated rings. The molecule has 21 heavy (non-hydrogen) atoms. The fourth-order valence-corrected chi connectivity index (χ4v) is 3.78. The largest absolute Gasteiger partial charge is 0.279 e. The molecule has 0 aliphatic rings. The Labute approximate surface area is 136 Å². The van der Waals surface area contributed by atoms with E-state index in [0.717, 1.165) is 12.1 Å². The van der Waals surface area contributed by atoms with Crippen molar-refractivity contribution in [3.8, 4) is 0 Å². The molecule has 0 amide bonds. The molecule has 3 nitrogen and oxygen atoms in total. The van der Waals surface area contributed by atoms with E-state index < -0.39 is 15.8 Å². The van der Waals surface area contributed by atoms with Gasteiger partial charge < -0.3 is 0 Å². The molecular formula is C13H9Cl3FNO2S. The Bertz CT molecular complexity index is 809. The number of hydrogen-bond donors (Lipinski definition) is 1. The van der Waals surface area contributed by atoms with E-state index in [2.05, 4.69) is 4.72 Å². The molecule has 0 atom stereocenters. The molecule has 1 N–H and O–H groups in total. The van der Waals surface area contributed by atoms with Crippen LogP contribution in [0.25, 0.3) is 0 Å². The maximum atomic E-state index is 13.0. The van der Waals surface area contributed by atoms with Gasteiger partial charge in [0.05, 0.1) is 20.8 Å². The molecule has 0 radical (unpaired) electrons. The molecule has 2 rings (SSSR count). The van der Waals surface area contributed by atoms with Crippen LogP contribution in [0.15, 0.2) is 35.2 Å². The normalized spacial score (nSPS) is 11.5. The summed E-state index contributed by atoms with van der Waals surface area (Å²) in [5.41, 5.74) is 0.688. The lowest BCUT2D eigenvalue weighted by Gasteiger charge is -2.12. The molecule has 0 aliphatic heterocycles. The molecule has 0 aliphatic carbocycles. The minimum Gasteiger partial charge on any atom is -0.279 e. The van der Waals surface area contributed by atoms with Gasteiger partial charge >= 0.3 is 0 Å². The summed E-state index contributed by atoms with van der Waals surface area (Å²) in [7, 11) is -3.97. The van der Waals surface area contributed by atoms with Crippen molar-refractivity contribution in [1.82, 2.24) is 0 Å². The van der Waals surface area contributed by atoms with Gasteiger partial charge in [-0.25, -0.2) is 12.8 Å². The van der Waals surface area contributed by atoms with Crippen molar-refractivity contribution in [3.05, 3.63) is 56.8 Å². The standard InChI is InChI=1S/C13H9Cl3FNO2S/c1-7-4-8(17)2-3-12(7)18-21(19,20)13-6-10(15)9(14)5-11(13)16/h2-6,18H,1H3. The van der Waals surface area contributed by atoms with Crippen molar-refractivity contribution in [2.75, 3.05) is 4.72 Å². The monoisotopic (exact) mass is 367 g/mol. The van der Waals surface area contributed by atoms with E-state index in [4.69, 9.17) is 34.8 Å². The van der Waals surface area contributed by atoms with E-state index in [0.29, 0.717) is 5.56 Å². The number of rotatable bonds is 3. The third-order valence-corrected chi connectivity index (χ3v) is 5.25. The Morgan fingerprint density at radius 2 is 1.62 bits per heavy atom. The van der Waals surface area contributed by atoms with Gasteiger partial charge in [0, 0.05) is 0 Å². The van der Waals surface area contributed by atoms with Gasteiger partial charge in [0.2, 0.25) is 0 Å². The summed E-state index contributed by atoms with van der Waals surface area (Å²) in [6, 6.07) is 6.11. The Kier molecular flexibility index (Phi) is 4.68. The van der Waals surface area contributed by atoms with Gasteiger partial charge in [0.15, 0.2) is 0 Å². The van der Waals surface area contributed by atoms with Gasteiger partial charge in [-0.15, -0.1) is 0 Å². The third-order valence-electron chi connectivity index (χ3n) is 2.70. The van der Waals surface area contributed by atoms with Crippen LogP contribution in [0.2, 0.25) is 15.1 Å². The number of nitrogens with one attached hydrogen (secondary N) is 1. The average Bonchev–Trinajstić information content (AvgIpc) is 2.37. The molecule has 0 saturated carbocycles. The van der Waals surface area contributed by atoms with Crippen LogP contribution in [0.5, 0.6) is 0 Å². The zero-order valence-corrected chi connectivity index (χ0v) is 13.7. The molecule has 0 spiro atoms. The van der Waals surface area contributed by atoms with Crippen molar-refractivity contribution >= 4 is 50.5 Å². The first-order chi connectivity index (χ1) is 9.70. The lowest BCUT2D eigenvalue weighted by molar-refractivity contribution is 0.601. The highest BCUT2D eigenvalue weighted by Crippen LogP contribution is 2.32. The molecule has 0 saturated heterocycles. The number of sulfonamides is 1. The molecule has 2 aromatic carbocycles. The average molecular weight is 369 g/mol. The van der Waals surface area contributed by atoms with Crippen LogP contribution in [0.4, 0.5) is 10.1 Å². The van der Waals surface area contributed by atoms with Gasteiger partial charge in [0.1, 0.15) is 10.7 Å². The maximum absolute atomic E-state index is 13.0. The lowest BCUT2D eigenvalue weighted by atomic mass is 10.2. The predicted molar refractivity (Wildman–Crippen MR) is 83.4 cm³/mol. The topological polar surface area (TPSA) is 46.2 Å². The van der Waals surface area contributed by atoms with E-state index in [1.165, 1.54) is 18.2 Å². The van der Waals surface area contributed by atoms with Crippen molar-refractivity contribution in [1.29, 1.82) is 0 Å². The van der Waals surface area contributed by atoms with E-state index in [1.54, 1.807) is 6.92 Å². The summed E-state index contributed by atoms with van der Waals surface area (Å²) in [6.07, 6.45) is 0. The summed E-state index contributed by atoms with van der Waals surface area (Å²) in [5, 5.41) is 0.160. The van der Waals surface area contributed by atoms with E-state index in [-0.39, 0.29) is 25.7 Å². The Morgan fingerprint density at radius 3 is 2.24 bits per heavy atom. The van der Waals surface area contributed by atoms with Crippen molar-refractivity contribution in [2.45, 2.75) is 11.8 Å². The third kappa shape index (κ3) is 3.61. The minimum atomic E-state index is -3.97. The van der Waals surface area contributed by atoms with E-state index in [1.807, 2.05) is 0 Å². The zero-order chi connectivity index (χ0) is 15.8. The Balaban J connectivity index is 2.46. The summed E-state index contributed by atoms with van der Waals surface area (Å²) in [5.74, 6) is -0.456. The summed E-state index contributed by atoms with van der Waals surface area (Å²) in [6.45, 7) is 1.58. The summed E-state index contributed by atoms with van der Waals surface area (Å²) in [4.78, 5) is -0.206. The van der Waals surface area contributed by atoms with Crippen molar-refractivity contribution in [2.24, 2.45) is 0 Å². The van der Waals surface area contributed by atoms with Crippen LogP contribution in [-0.4, -0.2) is 8.42 Å². The van der Waals surface area contributed by atoms with Crippen LogP contribution in [0.3, 0.4) is 0 Å². The summed E-state index contributed by atoms with van der Waals surface area (Å²) < 4.78 is 40.0. The second-order valence-corrected chi connectivity index (χ2v) is 7.13. The maximum Gasteiger partial charge on any atom is 0.263 e. The zero-order valence-electron chi connectivity index (χ0n) is 10.6. The second-order valence-electron chi connectivity index (χ2n) is 4.26. The second kappa shape index (κ2) is 6.01. The number of benzene rings is 2. The SMILES string of the molecule is Cc1cc(F)ccc1NS(=O)(=O)c1cc(Cl)c(Cl)cc1Cl. The molecule has 0 aromatic heterocycles. The number of aryl methyl sites for hydroxylation is 1. The van der Waals surface area contributed by atoms with E-state index >= 15 is 0 Å². The highest BCUT2D eigenvalue weighted by Gasteiger charge is 2.20. The molecular weight excluding hydrogens is 360 g/mol. The fourth-order valence-electron chi connectivity index (χ4n) is 1.65. The smallest absolute Gasteiger partial charge is 0.263 e. The van der Waals surface area contributed by atoms with Crippen LogP contribution in [-0.2, 0) is 10.0 Å². The van der Waals surface area contributed by atoms with Gasteiger partial charge in [-0.05, 0) is 42.8 Å². The highest BCUT2D eigenvalue weighted by atomic mass is 35.5. The van der Waals surface area contributed by atoms with Crippen LogP contribution in [0, 0.1) is 12.7 Å². The molecule has 2 aromatic rings. The van der Waals surface area contributed by atoms with E-state index in [9.17, 15) is 12.8 Å². The molecule has 8 heteroatoms. The van der Waals surface area contributed by atoms with Gasteiger partial charge in [0.25, 0.3) is 10.0 Å². The first-order valence-electron chi connectivity index (χ1n) is 5.64. The Hall–Kier alpha value is -1.01. The first-order valence-corrected chi connectivity index (χ1v) is 8.26. The van der Waals surface area contributed by atoms with Crippen LogP contribution < -0.4 is 4.72 Å². The Morgan fingerprint density at radius 1 is 1.00 bits per heavy atom. The highest BCUT2D eigenvalue weighted by molar-refractivity contribution is 7.92. The number of anilines is 1. The predicted octanol–water partition coefficient (Wildman–Crippen LogP) is 4.90. The molecule has 0 unspecified atom stereocenters. The first kappa shape index (κ1) is 16.4. The van der Waals surface area contributed by atoms with Crippen LogP contribution in [0.1, 0.15) is 5.56 Å². The molecule has 0 heterocycles. The van der Waals surface area contributed by atoms with Crippen LogP contribution >= 0.6 is 34.8 Å². The fraction of sp³-hybridized carbons (Fsp3) is 0.0769. The molecule has 0 bridgehead atoms. The summed E-state index contributed by atoms with van der Waals surface area (Å²) >= 11 is 17.5.